The summed E-state index contributed by atoms with van der Waals surface area (Å²) in [6, 6.07) is 0. The number of aliphatic hydroxyl groups excluding tert-OH is 1. The number of carbonyl (C=O) groups is 3. The minimum absolute atomic E-state index is 0.0444. The quantitative estimate of drug-likeness (QED) is 0.324. The predicted octanol–water partition coefficient (Wildman–Crippen LogP) is 1.37. The smallest absolute Gasteiger partial charge is 0.336 e. The van der Waals surface area contributed by atoms with Gasteiger partial charge in [0.05, 0.1) is 24.2 Å². The summed E-state index contributed by atoms with van der Waals surface area (Å²) in [5, 5.41) is 11.1. The molecule has 3 rings (SSSR count). The Morgan fingerprint density at radius 2 is 2.10 bits per heavy atom. The number of hydrogen-bond acceptors (Lipinski definition) is 8. The van der Waals surface area contributed by atoms with Gasteiger partial charge in [-0.05, 0) is 33.6 Å². The van der Waals surface area contributed by atoms with Crippen LogP contribution in [0.5, 0.6) is 0 Å². The van der Waals surface area contributed by atoms with Crippen molar-refractivity contribution < 1.29 is 38.4 Å². The average molecular weight is 406 g/mol. The molecule has 0 amide bonds. The first kappa shape index (κ1) is 21.3. The van der Waals surface area contributed by atoms with E-state index < -0.39 is 53.8 Å². The highest BCUT2D eigenvalue weighted by Gasteiger charge is 2.64. The normalized spacial score (nSPS) is 36.9. The Morgan fingerprint density at radius 3 is 2.72 bits per heavy atom. The Hall–Kier alpha value is -2.45. The molecule has 0 spiro atoms. The van der Waals surface area contributed by atoms with Crippen molar-refractivity contribution in [3.8, 4) is 0 Å². The SMILES string of the molecule is C=C1C(=O)OC2C1C(OC(=O)C(C)=CC)C(O)C(C(=O)OC)=CCCC1(C)OC21. The Kier molecular flexibility index (Phi) is 5.69. The number of fused-ring (bicyclic) bond motifs is 3. The van der Waals surface area contributed by atoms with E-state index in [1.165, 1.54) is 7.11 Å². The zero-order valence-electron chi connectivity index (χ0n) is 17.0. The maximum atomic E-state index is 12.5. The van der Waals surface area contributed by atoms with E-state index in [4.69, 9.17) is 18.9 Å². The molecule has 8 heteroatoms. The molecule has 6 unspecified atom stereocenters. The van der Waals surface area contributed by atoms with Crippen molar-refractivity contribution in [2.24, 2.45) is 5.92 Å². The molecule has 2 heterocycles. The first-order chi connectivity index (χ1) is 13.6. The largest absolute Gasteiger partial charge is 0.466 e. The molecular weight excluding hydrogens is 380 g/mol. The predicted molar refractivity (Wildman–Crippen MR) is 100 cm³/mol. The Morgan fingerprint density at radius 1 is 1.41 bits per heavy atom. The number of ether oxygens (including phenoxy) is 4. The van der Waals surface area contributed by atoms with Crippen molar-refractivity contribution in [3.05, 3.63) is 35.5 Å². The lowest BCUT2D eigenvalue weighted by Crippen LogP contribution is -2.46. The molecule has 3 aliphatic rings. The topological polar surface area (TPSA) is 112 Å². The average Bonchev–Trinajstić information content (AvgIpc) is 3.28. The van der Waals surface area contributed by atoms with Crippen molar-refractivity contribution in [1.29, 1.82) is 0 Å². The number of methoxy groups -OCH3 is 1. The van der Waals surface area contributed by atoms with E-state index in [-0.39, 0.29) is 11.1 Å². The van der Waals surface area contributed by atoms with E-state index in [0.29, 0.717) is 18.4 Å². The molecule has 8 nitrogen and oxygen atoms in total. The van der Waals surface area contributed by atoms with Crippen LogP contribution in [0.2, 0.25) is 0 Å². The summed E-state index contributed by atoms with van der Waals surface area (Å²) in [4.78, 5) is 37.1. The second-order valence-electron chi connectivity index (χ2n) is 7.75. The van der Waals surface area contributed by atoms with Crippen LogP contribution in [0, 0.1) is 5.92 Å². The van der Waals surface area contributed by atoms with Crippen molar-refractivity contribution in [1.82, 2.24) is 0 Å². The molecule has 6 atom stereocenters. The Balaban J connectivity index is 2.07. The monoisotopic (exact) mass is 406 g/mol. The summed E-state index contributed by atoms with van der Waals surface area (Å²) in [7, 11) is 1.20. The van der Waals surface area contributed by atoms with Gasteiger partial charge in [0, 0.05) is 11.1 Å². The highest BCUT2D eigenvalue weighted by atomic mass is 16.7. The molecule has 0 aromatic carbocycles. The van der Waals surface area contributed by atoms with Crippen LogP contribution in [0.4, 0.5) is 0 Å². The van der Waals surface area contributed by atoms with Crippen LogP contribution in [-0.2, 0) is 33.3 Å². The van der Waals surface area contributed by atoms with Crippen molar-refractivity contribution >= 4 is 17.9 Å². The minimum Gasteiger partial charge on any atom is -0.466 e. The van der Waals surface area contributed by atoms with Crippen LogP contribution < -0.4 is 0 Å². The molecule has 29 heavy (non-hydrogen) atoms. The maximum absolute atomic E-state index is 12.5. The lowest BCUT2D eigenvalue weighted by molar-refractivity contribution is -0.157. The molecule has 0 aromatic rings. The molecule has 1 N–H and O–H groups in total. The second-order valence-corrected chi connectivity index (χ2v) is 7.75. The molecule has 0 saturated carbocycles. The fourth-order valence-corrected chi connectivity index (χ4v) is 3.92. The third kappa shape index (κ3) is 3.74. The van der Waals surface area contributed by atoms with Gasteiger partial charge in [0.1, 0.15) is 24.4 Å². The molecule has 0 bridgehead atoms. The summed E-state index contributed by atoms with van der Waals surface area (Å²) < 4.78 is 21.7. The number of carbonyl (C=O) groups excluding carboxylic acids is 3. The molecule has 2 saturated heterocycles. The number of hydrogen-bond donors (Lipinski definition) is 1. The third-order valence-electron chi connectivity index (χ3n) is 5.91. The van der Waals surface area contributed by atoms with Crippen LogP contribution in [0.25, 0.3) is 0 Å². The summed E-state index contributed by atoms with van der Waals surface area (Å²) in [6.45, 7) is 8.91. The van der Waals surface area contributed by atoms with Gasteiger partial charge in [-0.25, -0.2) is 14.4 Å². The van der Waals surface area contributed by atoms with Gasteiger partial charge in [-0.15, -0.1) is 0 Å². The van der Waals surface area contributed by atoms with Crippen LogP contribution in [-0.4, -0.2) is 60.1 Å². The summed E-state index contributed by atoms with van der Waals surface area (Å²) in [5.74, 6) is -2.93. The van der Waals surface area contributed by atoms with Gasteiger partial charge in [0.15, 0.2) is 0 Å². The summed E-state index contributed by atoms with van der Waals surface area (Å²) in [6.07, 6.45) is 0.0991. The number of rotatable bonds is 3. The lowest BCUT2D eigenvalue weighted by atomic mass is 9.80. The standard InChI is InChI=1S/C21H26O8/c1-6-10(2)18(23)27-15-13-11(3)19(24)28-16(13)17-21(4,29-17)9-7-8-12(14(15)22)20(25)26-5/h6,8,13-17,22H,3,7,9H2,1-2,4-5H3. The van der Waals surface area contributed by atoms with Gasteiger partial charge in [-0.2, -0.15) is 0 Å². The van der Waals surface area contributed by atoms with Gasteiger partial charge >= 0.3 is 17.9 Å². The highest BCUT2D eigenvalue weighted by molar-refractivity contribution is 5.93. The lowest BCUT2D eigenvalue weighted by Gasteiger charge is -2.31. The highest BCUT2D eigenvalue weighted by Crippen LogP contribution is 2.50. The molecule has 0 aromatic heterocycles. The maximum Gasteiger partial charge on any atom is 0.336 e. The van der Waals surface area contributed by atoms with Crippen LogP contribution in [0.15, 0.2) is 35.5 Å². The van der Waals surface area contributed by atoms with Crippen molar-refractivity contribution in [2.75, 3.05) is 7.11 Å². The van der Waals surface area contributed by atoms with Gasteiger partial charge in [-0.3, -0.25) is 0 Å². The molecule has 2 aliphatic heterocycles. The first-order valence-corrected chi connectivity index (χ1v) is 9.52. The van der Waals surface area contributed by atoms with Gasteiger partial charge in [-0.1, -0.05) is 18.7 Å². The number of epoxide rings is 1. The second kappa shape index (κ2) is 7.76. The summed E-state index contributed by atoms with van der Waals surface area (Å²) >= 11 is 0. The minimum atomic E-state index is -1.53. The molecule has 1 aliphatic carbocycles. The van der Waals surface area contributed by atoms with E-state index in [9.17, 15) is 19.5 Å². The number of allylic oxidation sites excluding steroid dienone is 2. The zero-order valence-corrected chi connectivity index (χ0v) is 17.0. The fourth-order valence-electron chi connectivity index (χ4n) is 3.92. The van der Waals surface area contributed by atoms with E-state index in [2.05, 4.69) is 6.58 Å². The number of esters is 3. The van der Waals surface area contributed by atoms with Crippen LogP contribution in [0.1, 0.15) is 33.6 Å². The molecule has 2 fully saturated rings. The fraction of sp³-hybridized carbons (Fsp3) is 0.571. The van der Waals surface area contributed by atoms with Crippen molar-refractivity contribution in [2.45, 2.75) is 63.6 Å². The molecular formula is C21H26O8. The van der Waals surface area contributed by atoms with Crippen molar-refractivity contribution in [3.63, 3.8) is 0 Å². The zero-order chi connectivity index (χ0) is 21.5. The molecule has 0 radical (unpaired) electrons. The molecule has 158 valence electrons. The van der Waals surface area contributed by atoms with Crippen LogP contribution >= 0.6 is 0 Å². The summed E-state index contributed by atoms with van der Waals surface area (Å²) in [5.41, 5.74) is -0.218. The Bertz CT molecular complexity index is 809. The van der Waals surface area contributed by atoms with Gasteiger partial charge < -0.3 is 24.1 Å². The van der Waals surface area contributed by atoms with Gasteiger partial charge in [0.25, 0.3) is 0 Å². The van der Waals surface area contributed by atoms with E-state index >= 15 is 0 Å². The van der Waals surface area contributed by atoms with E-state index in [1.54, 1.807) is 26.0 Å². The number of aliphatic hydroxyl groups is 1. The Labute approximate surface area is 169 Å². The van der Waals surface area contributed by atoms with Gasteiger partial charge in [0.2, 0.25) is 0 Å². The first-order valence-electron chi connectivity index (χ1n) is 9.52. The van der Waals surface area contributed by atoms with E-state index in [1.807, 2.05) is 6.92 Å². The van der Waals surface area contributed by atoms with E-state index in [0.717, 1.165) is 0 Å². The third-order valence-corrected chi connectivity index (χ3v) is 5.91. The van der Waals surface area contributed by atoms with Crippen LogP contribution in [0.3, 0.4) is 0 Å².